The fourth-order valence-electron chi connectivity index (χ4n) is 1.13. The van der Waals surface area contributed by atoms with Gasteiger partial charge in [0.15, 0.2) is 0 Å². The molecule has 0 spiro atoms. The Bertz CT molecular complexity index is 520. The molecule has 0 saturated carbocycles. The lowest BCUT2D eigenvalue weighted by molar-refractivity contribution is 0.318. The number of rotatable bonds is 3. The van der Waals surface area contributed by atoms with E-state index in [1.165, 1.54) is 0 Å². The average molecular weight is 302 g/mol. The normalized spacial score (nSPS) is 11.9. The van der Waals surface area contributed by atoms with Crippen LogP contribution < -0.4 is 5.73 Å². The van der Waals surface area contributed by atoms with Crippen molar-refractivity contribution in [2.24, 2.45) is 10.9 Å². The molecule has 0 atom stereocenters. The molecule has 2 heterocycles. The summed E-state index contributed by atoms with van der Waals surface area (Å²) in [7, 11) is 0. The van der Waals surface area contributed by atoms with Crippen molar-refractivity contribution in [3.05, 3.63) is 32.9 Å². The molecule has 16 heavy (non-hydrogen) atoms. The molecular formula is C8H8BrN5OS. The molecule has 0 saturated heterocycles. The van der Waals surface area contributed by atoms with Crippen LogP contribution in [0.25, 0.3) is 0 Å². The molecule has 0 bridgehead atoms. The van der Waals surface area contributed by atoms with E-state index in [9.17, 15) is 0 Å². The molecule has 2 aromatic heterocycles. The van der Waals surface area contributed by atoms with Gasteiger partial charge in [-0.1, -0.05) is 5.16 Å². The summed E-state index contributed by atoms with van der Waals surface area (Å²) in [5, 5.41) is 15.4. The van der Waals surface area contributed by atoms with E-state index in [1.54, 1.807) is 22.3 Å². The first-order chi connectivity index (χ1) is 7.69. The zero-order valence-corrected chi connectivity index (χ0v) is 10.4. The fraction of sp³-hybridized carbons (Fsp3) is 0.125. The van der Waals surface area contributed by atoms with E-state index in [1.807, 2.05) is 12.1 Å². The van der Waals surface area contributed by atoms with Gasteiger partial charge in [0.2, 0.25) is 11.7 Å². The summed E-state index contributed by atoms with van der Waals surface area (Å²) in [6.45, 7) is 0.613. The van der Waals surface area contributed by atoms with Crippen LogP contribution >= 0.6 is 27.3 Å². The summed E-state index contributed by atoms with van der Waals surface area (Å²) in [5.41, 5.74) is 5.36. The highest BCUT2D eigenvalue weighted by molar-refractivity contribution is 9.11. The van der Waals surface area contributed by atoms with E-state index >= 15 is 0 Å². The average Bonchev–Trinajstić information content (AvgIpc) is 2.87. The number of halogens is 1. The first-order valence-corrected chi connectivity index (χ1v) is 5.91. The first-order valence-electron chi connectivity index (χ1n) is 4.30. The van der Waals surface area contributed by atoms with Gasteiger partial charge in [-0.05, 0) is 28.1 Å². The van der Waals surface area contributed by atoms with Gasteiger partial charge in [-0.15, -0.1) is 16.4 Å². The molecule has 84 valence electrons. The molecule has 0 unspecified atom stereocenters. The minimum Gasteiger partial charge on any atom is -0.409 e. The minimum absolute atomic E-state index is 0.0916. The SMILES string of the molecule is NC(=NO)c1ncn(Cc2ccc(Br)s2)n1. The predicted octanol–water partition coefficient (Wildman–Crippen LogP) is 1.24. The number of aromatic nitrogens is 3. The van der Waals surface area contributed by atoms with Gasteiger partial charge in [-0.2, -0.15) is 0 Å². The van der Waals surface area contributed by atoms with Crippen molar-refractivity contribution >= 4 is 33.1 Å². The lowest BCUT2D eigenvalue weighted by atomic mass is 10.5. The van der Waals surface area contributed by atoms with Gasteiger partial charge in [0, 0.05) is 4.88 Å². The van der Waals surface area contributed by atoms with E-state index in [2.05, 4.69) is 31.2 Å². The zero-order valence-electron chi connectivity index (χ0n) is 8.04. The maximum absolute atomic E-state index is 8.46. The van der Waals surface area contributed by atoms with Crippen LogP contribution in [0.15, 0.2) is 27.4 Å². The molecule has 0 aliphatic carbocycles. The molecule has 2 rings (SSSR count). The summed E-state index contributed by atoms with van der Waals surface area (Å²) < 4.78 is 2.70. The second-order valence-electron chi connectivity index (χ2n) is 2.96. The third-order valence-electron chi connectivity index (χ3n) is 1.82. The van der Waals surface area contributed by atoms with Crippen molar-refractivity contribution in [3.63, 3.8) is 0 Å². The van der Waals surface area contributed by atoms with E-state index in [0.717, 1.165) is 8.66 Å². The largest absolute Gasteiger partial charge is 0.409 e. The van der Waals surface area contributed by atoms with E-state index < -0.39 is 0 Å². The van der Waals surface area contributed by atoms with Crippen molar-refractivity contribution in [1.82, 2.24) is 14.8 Å². The molecular weight excluding hydrogens is 294 g/mol. The Balaban J connectivity index is 2.14. The zero-order chi connectivity index (χ0) is 11.5. The van der Waals surface area contributed by atoms with Crippen molar-refractivity contribution in [2.45, 2.75) is 6.54 Å². The van der Waals surface area contributed by atoms with Crippen LogP contribution in [0.2, 0.25) is 0 Å². The molecule has 6 nitrogen and oxygen atoms in total. The Labute approximate surface area is 104 Å². The van der Waals surface area contributed by atoms with Gasteiger partial charge < -0.3 is 10.9 Å². The predicted molar refractivity (Wildman–Crippen MR) is 63.7 cm³/mol. The monoisotopic (exact) mass is 301 g/mol. The van der Waals surface area contributed by atoms with Crippen LogP contribution in [0.3, 0.4) is 0 Å². The fourth-order valence-corrected chi connectivity index (χ4v) is 2.60. The molecule has 0 aliphatic rings. The second-order valence-corrected chi connectivity index (χ2v) is 5.50. The smallest absolute Gasteiger partial charge is 0.219 e. The van der Waals surface area contributed by atoms with Gasteiger partial charge in [-0.3, -0.25) is 0 Å². The lowest BCUT2D eigenvalue weighted by Crippen LogP contribution is -2.15. The van der Waals surface area contributed by atoms with Crippen LogP contribution in [0, 0.1) is 0 Å². The van der Waals surface area contributed by atoms with Gasteiger partial charge in [-0.25, -0.2) is 9.67 Å². The van der Waals surface area contributed by atoms with Gasteiger partial charge in [0.25, 0.3) is 0 Å². The Morgan fingerprint density at radius 3 is 3.06 bits per heavy atom. The summed E-state index contributed by atoms with van der Waals surface area (Å²) >= 11 is 5.01. The number of amidine groups is 1. The minimum atomic E-state index is -0.0916. The van der Waals surface area contributed by atoms with Crippen molar-refractivity contribution < 1.29 is 5.21 Å². The lowest BCUT2D eigenvalue weighted by Gasteiger charge is -1.95. The highest BCUT2D eigenvalue weighted by Gasteiger charge is 2.06. The van der Waals surface area contributed by atoms with Gasteiger partial charge in [0.05, 0.1) is 10.3 Å². The molecule has 0 aromatic carbocycles. The third kappa shape index (κ3) is 2.39. The Morgan fingerprint density at radius 1 is 1.62 bits per heavy atom. The number of nitrogens with zero attached hydrogens (tertiary/aromatic N) is 4. The molecule has 2 aromatic rings. The Morgan fingerprint density at radius 2 is 2.44 bits per heavy atom. The number of hydrogen-bond donors (Lipinski definition) is 2. The summed E-state index contributed by atoms with van der Waals surface area (Å²) in [6, 6.07) is 3.97. The van der Waals surface area contributed by atoms with Crippen LogP contribution in [-0.2, 0) is 6.54 Å². The highest BCUT2D eigenvalue weighted by Crippen LogP contribution is 2.22. The quantitative estimate of drug-likeness (QED) is 0.386. The maximum Gasteiger partial charge on any atom is 0.219 e. The molecule has 0 amide bonds. The molecule has 0 radical (unpaired) electrons. The number of thiophene rings is 1. The standard InChI is InChI=1S/C8H8BrN5OS/c9-6-2-1-5(16-6)3-14-4-11-8(12-14)7(10)13-15/h1-2,4,15H,3H2,(H2,10,13). The molecule has 0 aliphatic heterocycles. The number of nitrogens with two attached hydrogens (primary N) is 1. The van der Waals surface area contributed by atoms with Crippen LogP contribution in [0.4, 0.5) is 0 Å². The van der Waals surface area contributed by atoms with Crippen molar-refractivity contribution in [3.8, 4) is 0 Å². The third-order valence-corrected chi connectivity index (χ3v) is 3.43. The Kier molecular flexibility index (Phi) is 3.20. The second kappa shape index (κ2) is 4.62. The highest BCUT2D eigenvalue weighted by atomic mass is 79.9. The van der Waals surface area contributed by atoms with Crippen LogP contribution in [0.5, 0.6) is 0 Å². The van der Waals surface area contributed by atoms with Gasteiger partial charge >= 0.3 is 0 Å². The van der Waals surface area contributed by atoms with Gasteiger partial charge in [0.1, 0.15) is 6.33 Å². The molecule has 8 heteroatoms. The van der Waals surface area contributed by atoms with Crippen LogP contribution in [0.1, 0.15) is 10.7 Å². The van der Waals surface area contributed by atoms with Crippen LogP contribution in [-0.4, -0.2) is 25.8 Å². The maximum atomic E-state index is 8.46. The molecule has 0 fully saturated rings. The molecule has 3 N–H and O–H groups in total. The first kappa shape index (κ1) is 11.1. The van der Waals surface area contributed by atoms with E-state index in [0.29, 0.717) is 6.54 Å². The van der Waals surface area contributed by atoms with Crippen molar-refractivity contribution in [1.29, 1.82) is 0 Å². The number of oxime groups is 1. The summed E-state index contributed by atoms with van der Waals surface area (Å²) in [5.74, 6) is 0.129. The topological polar surface area (TPSA) is 89.3 Å². The van der Waals surface area contributed by atoms with E-state index in [-0.39, 0.29) is 11.7 Å². The van der Waals surface area contributed by atoms with Crippen molar-refractivity contribution in [2.75, 3.05) is 0 Å². The van der Waals surface area contributed by atoms with E-state index in [4.69, 9.17) is 10.9 Å². The summed E-state index contributed by atoms with van der Waals surface area (Å²) in [4.78, 5) is 5.06. The summed E-state index contributed by atoms with van der Waals surface area (Å²) in [6.07, 6.45) is 1.54. The Hall–Kier alpha value is -1.41. The number of hydrogen-bond acceptors (Lipinski definition) is 5.